The van der Waals surface area contributed by atoms with E-state index in [1.165, 1.54) is 0 Å². The zero-order chi connectivity index (χ0) is 24.7. The van der Waals surface area contributed by atoms with Gasteiger partial charge in [-0.2, -0.15) is 0 Å². The average molecular weight is 488 g/mol. The summed E-state index contributed by atoms with van der Waals surface area (Å²) in [7, 11) is 1.64. The van der Waals surface area contributed by atoms with E-state index >= 15 is 0 Å². The quantitative estimate of drug-likeness (QED) is 0.550. The van der Waals surface area contributed by atoms with Crippen LogP contribution in [0.3, 0.4) is 0 Å². The molecule has 1 aromatic heterocycles. The van der Waals surface area contributed by atoms with Crippen LogP contribution in [0.15, 0.2) is 54.6 Å². The van der Waals surface area contributed by atoms with Crippen LogP contribution in [-0.4, -0.2) is 69.9 Å². The molecule has 3 aromatic rings. The van der Waals surface area contributed by atoms with Crippen LogP contribution in [0.2, 0.25) is 0 Å². The van der Waals surface area contributed by atoms with Gasteiger partial charge in [0.2, 0.25) is 5.91 Å². The summed E-state index contributed by atoms with van der Waals surface area (Å²) in [6, 6.07) is 17.8. The number of fused-ring (bicyclic) bond motifs is 1. The Morgan fingerprint density at radius 1 is 0.972 bits per heavy atom. The molecular weight excluding hydrogens is 458 g/mol. The summed E-state index contributed by atoms with van der Waals surface area (Å²) in [4.78, 5) is 30.3. The molecule has 1 atom stereocenters. The van der Waals surface area contributed by atoms with Crippen molar-refractivity contribution in [1.29, 1.82) is 0 Å². The molecule has 0 N–H and O–H groups in total. The van der Waals surface area contributed by atoms with E-state index < -0.39 is 0 Å². The van der Waals surface area contributed by atoms with Crippen molar-refractivity contribution in [3.8, 4) is 5.75 Å². The third-order valence-electron chi connectivity index (χ3n) is 7.63. The Morgan fingerprint density at radius 3 is 2.33 bits per heavy atom. The van der Waals surface area contributed by atoms with Crippen molar-refractivity contribution in [3.63, 3.8) is 0 Å². The van der Waals surface area contributed by atoms with Crippen LogP contribution in [0.25, 0.3) is 0 Å². The number of piperazine rings is 1. The Morgan fingerprint density at radius 2 is 1.67 bits per heavy atom. The number of carbonyl (C=O) groups is 2. The number of aromatic nitrogens is 3. The van der Waals surface area contributed by atoms with Crippen molar-refractivity contribution in [3.05, 3.63) is 77.1 Å². The topological polar surface area (TPSA) is 89.8 Å². The summed E-state index contributed by atoms with van der Waals surface area (Å²) in [5, 5.41) is 8.46. The number of amides is 2. The van der Waals surface area contributed by atoms with Gasteiger partial charge in [-0.05, 0) is 36.1 Å². The SMILES string of the molecule is COc1ccc([C@H]2Cn3nnc(C(=O)N4CCN(C(=O)C5(c6ccccc6)CC5)CC4)c3CO2)cc1. The summed E-state index contributed by atoms with van der Waals surface area (Å²) >= 11 is 0. The van der Waals surface area contributed by atoms with Crippen LogP contribution in [0.1, 0.15) is 46.3 Å². The number of methoxy groups -OCH3 is 1. The third kappa shape index (κ3) is 3.93. The van der Waals surface area contributed by atoms with Gasteiger partial charge >= 0.3 is 0 Å². The van der Waals surface area contributed by atoms with E-state index in [1.54, 1.807) is 16.7 Å². The lowest BCUT2D eigenvalue weighted by Gasteiger charge is -2.36. The van der Waals surface area contributed by atoms with Gasteiger partial charge < -0.3 is 19.3 Å². The van der Waals surface area contributed by atoms with E-state index in [0.717, 1.165) is 29.7 Å². The Bertz CT molecular complexity index is 1260. The molecule has 2 amide bonds. The van der Waals surface area contributed by atoms with Gasteiger partial charge in [0.25, 0.3) is 5.91 Å². The molecule has 0 bridgehead atoms. The van der Waals surface area contributed by atoms with E-state index in [1.807, 2.05) is 59.5 Å². The largest absolute Gasteiger partial charge is 0.497 e. The summed E-state index contributed by atoms with van der Waals surface area (Å²) in [5.74, 6) is 0.817. The number of ether oxygens (including phenoxy) is 2. The molecule has 3 heterocycles. The summed E-state index contributed by atoms with van der Waals surface area (Å²) in [6.45, 7) is 2.78. The lowest BCUT2D eigenvalue weighted by atomic mass is 9.94. The molecule has 9 heteroatoms. The fourth-order valence-electron chi connectivity index (χ4n) is 5.27. The Balaban J connectivity index is 1.09. The second-order valence-corrected chi connectivity index (χ2v) is 9.67. The zero-order valence-electron chi connectivity index (χ0n) is 20.3. The molecule has 2 aliphatic heterocycles. The number of hydrogen-bond donors (Lipinski definition) is 0. The Kier molecular flexibility index (Phi) is 5.72. The smallest absolute Gasteiger partial charge is 0.276 e. The van der Waals surface area contributed by atoms with Crippen molar-refractivity contribution in [2.24, 2.45) is 0 Å². The first-order chi connectivity index (χ1) is 17.6. The van der Waals surface area contributed by atoms with Crippen LogP contribution in [0.5, 0.6) is 5.75 Å². The summed E-state index contributed by atoms with van der Waals surface area (Å²) in [6.07, 6.45) is 1.61. The van der Waals surface area contributed by atoms with Crippen molar-refractivity contribution < 1.29 is 19.1 Å². The van der Waals surface area contributed by atoms with E-state index in [4.69, 9.17) is 9.47 Å². The summed E-state index contributed by atoms with van der Waals surface area (Å²) in [5.41, 5.74) is 2.78. The van der Waals surface area contributed by atoms with Gasteiger partial charge in [-0.15, -0.1) is 5.10 Å². The molecule has 36 heavy (non-hydrogen) atoms. The maximum absolute atomic E-state index is 13.3. The number of rotatable bonds is 5. The highest BCUT2D eigenvalue weighted by Gasteiger charge is 2.53. The van der Waals surface area contributed by atoms with Crippen LogP contribution in [0, 0.1) is 0 Å². The zero-order valence-corrected chi connectivity index (χ0v) is 20.3. The van der Waals surface area contributed by atoms with Crippen LogP contribution in [-0.2, 0) is 28.1 Å². The van der Waals surface area contributed by atoms with Crippen molar-refractivity contribution in [1.82, 2.24) is 24.8 Å². The lowest BCUT2D eigenvalue weighted by Crippen LogP contribution is -2.53. The average Bonchev–Trinajstić information content (AvgIpc) is 3.66. The minimum absolute atomic E-state index is 0.154. The lowest BCUT2D eigenvalue weighted by molar-refractivity contribution is -0.135. The molecule has 3 aliphatic rings. The number of hydrogen-bond acceptors (Lipinski definition) is 6. The second kappa shape index (κ2) is 9.05. The monoisotopic (exact) mass is 487 g/mol. The van der Waals surface area contributed by atoms with Crippen molar-refractivity contribution in [2.45, 2.75) is 37.5 Å². The molecule has 2 fully saturated rings. The minimum Gasteiger partial charge on any atom is -0.497 e. The molecular formula is C27H29N5O4. The highest BCUT2D eigenvalue weighted by Crippen LogP contribution is 2.49. The van der Waals surface area contributed by atoms with Crippen molar-refractivity contribution >= 4 is 11.8 Å². The molecule has 1 saturated heterocycles. The first-order valence-corrected chi connectivity index (χ1v) is 12.4. The number of benzene rings is 2. The third-order valence-corrected chi connectivity index (χ3v) is 7.63. The van der Waals surface area contributed by atoms with E-state index in [0.29, 0.717) is 44.1 Å². The van der Waals surface area contributed by atoms with Crippen LogP contribution >= 0.6 is 0 Å². The molecule has 9 nitrogen and oxygen atoms in total. The standard InChI is InChI=1S/C27H29N5O4/c1-35-21-9-7-19(8-10-21)23-17-32-22(18-36-23)24(28-29-32)25(33)30-13-15-31(16-14-30)26(34)27(11-12-27)20-5-3-2-4-6-20/h2-10,23H,11-18H2,1H3/t23-/m1/s1. The normalized spacial score (nSPS) is 20.5. The highest BCUT2D eigenvalue weighted by molar-refractivity contribution is 5.94. The molecule has 0 radical (unpaired) electrons. The predicted octanol–water partition coefficient (Wildman–Crippen LogP) is 2.57. The van der Waals surface area contributed by atoms with E-state index in [9.17, 15) is 9.59 Å². The molecule has 1 aliphatic carbocycles. The Hall–Kier alpha value is -3.72. The molecule has 2 aromatic carbocycles. The number of carbonyl (C=O) groups excluding carboxylic acids is 2. The van der Waals surface area contributed by atoms with Crippen LogP contribution in [0.4, 0.5) is 0 Å². The first-order valence-electron chi connectivity index (χ1n) is 12.4. The van der Waals surface area contributed by atoms with Gasteiger partial charge in [0.05, 0.1) is 31.4 Å². The maximum Gasteiger partial charge on any atom is 0.276 e. The first kappa shape index (κ1) is 22.7. The number of nitrogens with zero attached hydrogens (tertiary/aromatic N) is 5. The molecule has 0 spiro atoms. The van der Waals surface area contributed by atoms with Gasteiger partial charge in [0.1, 0.15) is 11.9 Å². The fraction of sp³-hybridized carbons (Fsp3) is 0.407. The van der Waals surface area contributed by atoms with Gasteiger partial charge in [-0.1, -0.05) is 47.7 Å². The molecule has 1 saturated carbocycles. The van der Waals surface area contributed by atoms with E-state index in [2.05, 4.69) is 10.3 Å². The van der Waals surface area contributed by atoms with Gasteiger partial charge in [-0.25, -0.2) is 4.68 Å². The molecule has 0 unspecified atom stereocenters. The molecule has 6 rings (SSSR count). The van der Waals surface area contributed by atoms with Gasteiger partial charge in [0.15, 0.2) is 5.69 Å². The van der Waals surface area contributed by atoms with Gasteiger partial charge in [-0.3, -0.25) is 9.59 Å². The van der Waals surface area contributed by atoms with E-state index in [-0.39, 0.29) is 29.9 Å². The predicted molar refractivity (Wildman–Crippen MR) is 130 cm³/mol. The van der Waals surface area contributed by atoms with Crippen molar-refractivity contribution in [2.75, 3.05) is 33.3 Å². The van der Waals surface area contributed by atoms with Gasteiger partial charge in [0, 0.05) is 26.2 Å². The highest BCUT2D eigenvalue weighted by atomic mass is 16.5. The Labute approximate surface area is 209 Å². The molecule has 186 valence electrons. The second-order valence-electron chi connectivity index (χ2n) is 9.67. The van der Waals surface area contributed by atoms with Crippen LogP contribution < -0.4 is 4.74 Å². The maximum atomic E-state index is 13.3. The minimum atomic E-state index is -0.377. The summed E-state index contributed by atoms with van der Waals surface area (Å²) < 4.78 is 13.1. The fourth-order valence-corrected chi connectivity index (χ4v) is 5.27.